The van der Waals surface area contributed by atoms with Gasteiger partial charge in [-0.2, -0.15) is 0 Å². The highest BCUT2D eigenvalue weighted by Gasteiger charge is 2.22. The standard InChI is InChI=1S/C18H17FN2OS2/c19-14-7-5-13(6-8-14)16-11-20(9-10-22-16)12-21-15-3-1-2-4-17(15)24-18(21)23/h1-8,16H,9-12H2. The number of thiazole rings is 1. The average Bonchev–Trinajstić information content (AvgIpc) is 2.92. The van der Waals surface area contributed by atoms with Gasteiger partial charge in [0.1, 0.15) is 5.82 Å². The molecule has 2 aromatic carbocycles. The molecule has 2 heterocycles. The van der Waals surface area contributed by atoms with Crippen LogP contribution >= 0.6 is 23.6 Å². The molecule has 1 aromatic heterocycles. The Hall–Kier alpha value is -1.60. The Kier molecular flexibility index (Phi) is 4.45. The molecule has 1 aliphatic rings. The predicted octanol–water partition coefficient (Wildman–Crippen LogP) is 4.60. The number of fused-ring (bicyclic) bond motifs is 1. The van der Waals surface area contributed by atoms with Crippen molar-refractivity contribution in [2.24, 2.45) is 0 Å². The fourth-order valence-electron chi connectivity index (χ4n) is 3.06. The number of aromatic nitrogens is 1. The number of hydrogen-bond donors (Lipinski definition) is 0. The maximum absolute atomic E-state index is 13.1. The second-order valence-electron chi connectivity index (χ2n) is 5.89. The van der Waals surface area contributed by atoms with Crippen molar-refractivity contribution in [2.75, 3.05) is 19.7 Å². The monoisotopic (exact) mass is 360 g/mol. The van der Waals surface area contributed by atoms with Gasteiger partial charge in [-0.15, -0.1) is 11.3 Å². The Morgan fingerprint density at radius 1 is 1.17 bits per heavy atom. The quantitative estimate of drug-likeness (QED) is 0.636. The van der Waals surface area contributed by atoms with Gasteiger partial charge >= 0.3 is 0 Å². The van der Waals surface area contributed by atoms with Crippen LogP contribution in [0, 0.1) is 9.77 Å². The molecule has 1 saturated heterocycles. The van der Waals surface area contributed by atoms with E-state index in [9.17, 15) is 4.39 Å². The van der Waals surface area contributed by atoms with Crippen molar-refractivity contribution in [3.8, 4) is 0 Å². The molecule has 1 fully saturated rings. The number of ether oxygens (including phenoxy) is 1. The van der Waals surface area contributed by atoms with Crippen LogP contribution in [0.4, 0.5) is 4.39 Å². The molecular formula is C18H17FN2OS2. The van der Waals surface area contributed by atoms with Crippen molar-refractivity contribution in [3.63, 3.8) is 0 Å². The fraction of sp³-hybridized carbons (Fsp3) is 0.278. The average molecular weight is 360 g/mol. The molecule has 4 rings (SSSR count). The van der Waals surface area contributed by atoms with Gasteiger partial charge in [0.2, 0.25) is 0 Å². The zero-order chi connectivity index (χ0) is 16.5. The topological polar surface area (TPSA) is 17.4 Å². The van der Waals surface area contributed by atoms with Gasteiger partial charge in [-0.05, 0) is 42.0 Å². The maximum atomic E-state index is 13.1. The van der Waals surface area contributed by atoms with Gasteiger partial charge in [0.05, 0.1) is 29.6 Å². The number of hydrogen-bond acceptors (Lipinski definition) is 4. The first-order chi connectivity index (χ1) is 11.7. The lowest BCUT2D eigenvalue weighted by atomic mass is 10.1. The number of para-hydroxylation sites is 1. The molecule has 6 heteroatoms. The fourth-order valence-corrected chi connectivity index (χ4v) is 4.37. The zero-order valence-electron chi connectivity index (χ0n) is 13.0. The number of rotatable bonds is 3. The summed E-state index contributed by atoms with van der Waals surface area (Å²) in [5, 5.41) is 0. The molecule has 24 heavy (non-hydrogen) atoms. The van der Waals surface area contributed by atoms with Crippen molar-refractivity contribution < 1.29 is 9.13 Å². The molecule has 1 aliphatic heterocycles. The van der Waals surface area contributed by atoms with E-state index in [0.29, 0.717) is 6.61 Å². The third kappa shape index (κ3) is 3.15. The Labute approximate surface area is 148 Å². The lowest BCUT2D eigenvalue weighted by molar-refractivity contribution is -0.0399. The van der Waals surface area contributed by atoms with Gasteiger partial charge in [-0.1, -0.05) is 24.3 Å². The zero-order valence-corrected chi connectivity index (χ0v) is 14.7. The van der Waals surface area contributed by atoms with Crippen LogP contribution in [0.15, 0.2) is 48.5 Å². The number of halogens is 1. The van der Waals surface area contributed by atoms with Gasteiger partial charge in [-0.25, -0.2) is 4.39 Å². The molecule has 0 bridgehead atoms. The molecule has 124 valence electrons. The molecule has 0 spiro atoms. The minimum atomic E-state index is -0.220. The van der Waals surface area contributed by atoms with E-state index in [0.717, 1.165) is 29.3 Å². The summed E-state index contributed by atoms with van der Waals surface area (Å²) < 4.78 is 23.3. The summed E-state index contributed by atoms with van der Waals surface area (Å²) in [4.78, 5) is 2.34. The number of benzene rings is 2. The van der Waals surface area contributed by atoms with Crippen molar-refractivity contribution in [2.45, 2.75) is 12.8 Å². The molecule has 3 aromatic rings. The predicted molar refractivity (Wildman–Crippen MR) is 97.3 cm³/mol. The Bertz CT molecular complexity index is 903. The second-order valence-corrected chi connectivity index (χ2v) is 7.57. The van der Waals surface area contributed by atoms with E-state index < -0.39 is 0 Å². The van der Waals surface area contributed by atoms with Gasteiger partial charge in [0, 0.05) is 13.1 Å². The maximum Gasteiger partial charge on any atom is 0.163 e. The van der Waals surface area contributed by atoms with E-state index in [1.54, 1.807) is 23.5 Å². The molecule has 1 unspecified atom stereocenters. The first-order valence-corrected chi connectivity index (χ1v) is 9.11. The van der Waals surface area contributed by atoms with Gasteiger partial charge in [0.25, 0.3) is 0 Å². The van der Waals surface area contributed by atoms with Crippen LogP contribution in [0.1, 0.15) is 11.7 Å². The highest BCUT2D eigenvalue weighted by atomic mass is 32.1. The van der Waals surface area contributed by atoms with Gasteiger partial charge in [-0.3, -0.25) is 4.90 Å². The van der Waals surface area contributed by atoms with Crippen molar-refractivity contribution in [1.29, 1.82) is 0 Å². The van der Waals surface area contributed by atoms with Crippen molar-refractivity contribution in [1.82, 2.24) is 9.47 Å². The minimum absolute atomic E-state index is 0.0292. The van der Waals surface area contributed by atoms with Crippen LogP contribution in [0.3, 0.4) is 0 Å². The normalized spacial score (nSPS) is 19.0. The second kappa shape index (κ2) is 6.72. The highest BCUT2D eigenvalue weighted by Crippen LogP contribution is 2.26. The molecule has 3 nitrogen and oxygen atoms in total. The van der Waals surface area contributed by atoms with Crippen LogP contribution in [0.25, 0.3) is 10.2 Å². The minimum Gasteiger partial charge on any atom is -0.371 e. The Morgan fingerprint density at radius 2 is 1.96 bits per heavy atom. The first kappa shape index (κ1) is 15.9. The summed E-state index contributed by atoms with van der Waals surface area (Å²) in [7, 11) is 0. The van der Waals surface area contributed by atoms with Crippen molar-refractivity contribution >= 4 is 33.8 Å². The Morgan fingerprint density at radius 3 is 2.79 bits per heavy atom. The van der Waals surface area contributed by atoms with Gasteiger partial charge < -0.3 is 9.30 Å². The van der Waals surface area contributed by atoms with Crippen LogP contribution in [-0.2, 0) is 11.4 Å². The molecular weight excluding hydrogens is 343 g/mol. The van der Waals surface area contributed by atoms with Crippen LogP contribution in [0.5, 0.6) is 0 Å². The van der Waals surface area contributed by atoms with E-state index in [4.69, 9.17) is 17.0 Å². The van der Waals surface area contributed by atoms with Crippen LogP contribution in [-0.4, -0.2) is 29.2 Å². The Balaban J connectivity index is 1.55. The molecule has 0 radical (unpaired) electrons. The van der Waals surface area contributed by atoms with Crippen LogP contribution in [0.2, 0.25) is 0 Å². The molecule has 0 amide bonds. The van der Waals surface area contributed by atoms with E-state index in [1.807, 2.05) is 12.1 Å². The largest absolute Gasteiger partial charge is 0.371 e. The molecule has 0 N–H and O–H groups in total. The highest BCUT2D eigenvalue weighted by molar-refractivity contribution is 7.73. The first-order valence-electron chi connectivity index (χ1n) is 7.88. The SMILES string of the molecule is Fc1ccc(C2CN(Cn3c(=S)sc4ccccc43)CCO2)cc1. The van der Waals surface area contributed by atoms with Gasteiger partial charge in [0.15, 0.2) is 3.95 Å². The summed E-state index contributed by atoms with van der Waals surface area (Å²) in [5.74, 6) is -0.220. The number of nitrogens with zero attached hydrogens (tertiary/aromatic N) is 2. The molecule has 0 aliphatic carbocycles. The van der Waals surface area contributed by atoms with E-state index in [-0.39, 0.29) is 11.9 Å². The smallest absolute Gasteiger partial charge is 0.163 e. The summed E-state index contributed by atoms with van der Waals surface area (Å²) >= 11 is 7.18. The lowest BCUT2D eigenvalue weighted by Gasteiger charge is -2.33. The lowest BCUT2D eigenvalue weighted by Crippen LogP contribution is -2.39. The third-order valence-corrected chi connectivity index (χ3v) is 5.74. The summed E-state index contributed by atoms with van der Waals surface area (Å²) in [6, 6.07) is 14.9. The summed E-state index contributed by atoms with van der Waals surface area (Å²) in [5.41, 5.74) is 2.19. The summed E-state index contributed by atoms with van der Waals surface area (Å²) in [6.45, 7) is 3.06. The third-order valence-electron chi connectivity index (χ3n) is 4.31. The van der Waals surface area contributed by atoms with Crippen LogP contribution < -0.4 is 0 Å². The van der Waals surface area contributed by atoms with E-state index in [1.165, 1.54) is 22.3 Å². The van der Waals surface area contributed by atoms with Crippen molar-refractivity contribution in [3.05, 3.63) is 63.9 Å². The molecule has 1 atom stereocenters. The van der Waals surface area contributed by atoms with E-state index >= 15 is 0 Å². The van der Waals surface area contributed by atoms with E-state index in [2.05, 4.69) is 21.6 Å². The summed E-state index contributed by atoms with van der Waals surface area (Å²) in [6.07, 6.45) is -0.0292. The number of morpholine rings is 1. The molecule has 0 saturated carbocycles.